The zero-order valence-electron chi connectivity index (χ0n) is 10.2. The van der Waals surface area contributed by atoms with Crippen LogP contribution in [0.15, 0.2) is 0 Å². The van der Waals surface area contributed by atoms with Crippen molar-refractivity contribution in [3.63, 3.8) is 0 Å². The second-order valence-electron chi connectivity index (χ2n) is 3.34. The van der Waals surface area contributed by atoms with Gasteiger partial charge in [-0.25, -0.2) is 0 Å². The van der Waals surface area contributed by atoms with Gasteiger partial charge in [-0.3, -0.25) is 9.59 Å². The molecule has 0 saturated heterocycles. The fourth-order valence-corrected chi connectivity index (χ4v) is 1.14. The minimum absolute atomic E-state index is 0.201. The summed E-state index contributed by atoms with van der Waals surface area (Å²) in [4.78, 5) is 22.2. The maximum atomic E-state index is 11.2. The van der Waals surface area contributed by atoms with E-state index in [0.29, 0.717) is 32.6 Å². The van der Waals surface area contributed by atoms with Crippen LogP contribution in [0.5, 0.6) is 0 Å². The van der Waals surface area contributed by atoms with Crippen molar-refractivity contribution in [3.05, 3.63) is 0 Å². The molecular weight excluding hydrogens is 210 g/mol. The summed E-state index contributed by atoms with van der Waals surface area (Å²) in [6, 6.07) is -0.331. The molecule has 0 bridgehead atoms. The van der Waals surface area contributed by atoms with E-state index in [-0.39, 0.29) is 18.0 Å². The molecule has 5 heteroatoms. The highest BCUT2D eigenvalue weighted by molar-refractivity contribution is 5.75. The minimum Gasteiger partial charge on any atom is -0.466 e. The standard InChI is InChI=1S/C11H21NO4/c1-4-15-10(13)7-6-8-12-9(3)11(14)16-5-2/h9,12H,4-8H2,1-3H3/t9-/m0/s1. The van der Waals surface area contributed by atoms with Crippen LogP contribution in [0, 0.1) is 0 Å². The molecule has 0 aromatic carbocycles. The second kappa shape index (κ2) is 9.15. The average molecular weight is 231 g/mol. The molecule has 0 amide bonds. The molecule has 5 nitrogen and oxygen atoms in total. The Kier molecular flexibility index (Phi) is 8.52. The van der Waals surface area contributed by atoms with Crippen molar-refractivity contribution in [1.82, 2.24) is 5.32 Å². The van der Waals surface area contributed by atoms with E-state index in [2.05, 4.69) is 5.32 Å². The molecule has 0 fully saturated rings. The maximum Gasteiger partial charge on any atom is 0.322 e. The van der Waals surface area contributed by atoms with Crippen molar-refractivity contribution < 1.29 is 19.1 Å². The van der Waals surface area contributed by atoms with E-state index < -0.39 is 0 Å². The zero-order valence-corrected chi connectivity index (χ0v) is 10.2. The molecule has 1 atom stereocenters. The Morgan fingerprint density at radius 3 is 2.38 bits per heavy atom. The normalized spacial score (nSPS) is 11.9. The Labute approximate surface area is 96.5 Å². The lowest BCUT2D eigenvalue weighted by Gasteiger charge is -2.11. The molecule has 0 heterocycles. The Balaban J connectivity index is 3.51. The zero-order chi connectivity index (χ0) is 12.4. The summed E-state index contributed by atoms with van der Waals surface area (Å²) in [6.45, 7) is 6.67. The molecular formula is C11H21NO4. The van der Waals surface area contributed by atoms with Gasteiger partial charge in [-0.2, -0.15) is 0 Å². The lowest BCUT2D eigenvalue weighted by atomic mass is 10.3. The highest BCUT2D eigenvalue weighted by atomic mass is 16.5. The van der Waals surface area contributed by atoms with Gasteiger partial charge in [0.05, 0.1) is 13.2 Å². The smallest absolute Gasteiger partial charge is 0.322 e. The first kappa shape index (κ1) is 14.9. The number of nitrogens with one attached hydrogen (secondary N) is 1. The van der Waals surface area contributed by atoms with Crippen molar-refractivity contribution in [2.75, 3.05) is 19.8 Å². The molecule has 0 unspecified atom stereocenters. The molecule has 0 aromatic heterocycles. The summed E-state index contributed by atoms with van der Waals surface area (Å²) >= 11 is 0. The molecule has 0 aliphatic heterocycles. The quantitative estimate of drug-likeness (QED) is 0.496. The molecule has 16 heavy (non-hydrogen) atoms. The predicted octanol–water partition coefficient (Wildman–Crippen LogP) is 0.871. The summed E-state index contributed by atoms with van der Waals surface area (Å²) in [5.74, 6) is -0.466. The van der Waals surface area contributed by atoms with Gasteiger partial charge in [0.15, 0.2) is 0 Å². The van der Waals surface area contributed by atoms with E-state index in [4.69, 9.17) is 9.47 Å². The van der Waals surface area contributed by atoms with Gasteiger partial charge in [0.25, 0.3) is 0 Å². The Hall–Kier alpha value is -1.10. The van der Waals surface area contributed by atoms with Crippen molar-refractivity contribution in [3.8, 4) is 0 Å². The van der Waals surface area contributed by atoms with Gasteiger partial charge >= 0.3 is 11.9 Å². The maximum absolute atomic E-state index is 11.2. The van der Waals surface area contributed by atoms with Crippen molar-refractivity contribution >= 4 is 11.9 Å². The molecule has 0 saturated carbocycles. The van der Waals surface area contributed by atoms with Crippen LogP contribution < -0.4 is 5.32 Å². The van der Waals surface area contributed by atoms with Gasteiger partial charge in [0.1, 0.15) is 6.04 Å². The Morgan fingerprint density at radius 2 is 1.81 bits per heavy atom. The SMILES string of the molecule is CCOC(=O)CCCN[C@@H](C)C(=O)OCC. The largest absolute Gasteiger partial charge is 0.466 e. The topological polar surface area (TPSA) is 64.6 Å². The summed E-state index contributed by atoms with van der Waals surface area (Å²) < 4.78 is 9.60. The number of ether oxygens (including phenoxy) is 2. The minimum atomic E-state index is -0.331. The van der Waals surface area contributed by atoms with Crippen LogP contribution in [0.1, 0.15) is 33.6 Å². The first-order valence-corrected chi connectivity index (χ1v) is 5.67. The van der Waals surface area contributed by atoms with Crippen LogP contribution in [0.4, 0.5) is 0 Å². The first-order chi connectivity index (χ1) is 7.61. The number of hydrogen-bond donors (Lipinski definition) is 1. The van der Waals surface area contributed by atoms with E-state index >= 15 is 0 Å². The van der Waals surface area contributed by atoms with Crippen molar-refractivity contribution in [1.29, 1.82) is 0 Å². The molecule has 0 aliphatic rings. The Morgan fingerprint density at radius 1 is 1.19 bits per heavy atom. The fourth-order valence-electron chi connectivity index (χ4n) is 1.14. The lowest BCUT2D eigenvalue weighted by molar-refractivity contribution is -0.145. The summed E-state index contributed by atoms with van der Waals surface area (Å²) in [6.07, 6.45) is 1.03. The van der Waals surface area contributed by atoms with Gasteiger partial charge in [0, 0.05) is 6.42 Å². The molecule has 1 N–H and O–H groups in total. The summed E-state index contributed by atoms with van der Waals surface area (Å²) in [7, 11) is 0. The highest BCUT2D eigenvalue weighted by Gasteiger charge is 2.12. The van der Waals surface area contributed by atoms with Gasteiger partial charge in [0.2, 0.25) is 0 Å². The molecule has 0 rings (SSSR count). The van der Waals surface area contributed by atoms with Gasteiger partial charge in [-0.1, -0.05) is 0 Å². The molecule has 0 aliphatic carbocycles. The fraction of sp³-hybridized carbons (Fsp3) is 0.818. The number of carbonyl (C=O) groups is 2. The van der Waals surface area contributed by atoms with Crippen molar-refractivity contribution in [2.45, 2.75) is 39.7 Å². The van der Waals surface area contributed by atoms with E-state index in [0.717, 1.165) is 0 Å². The third-order valence-electron chi connectivity index (χ3n) is 1.95. The number of rotatable bonds is 8. The van der Waals surface area contributed by atoms with Crippen LogP contribution in [0.3, 0.4) is 0 Å². The second-order valence-corrected chi connectivity index (χ2v) is 3.34. The predicted molar refractivity (Wildman–Crippen MR) is 60.0 cm³/mol. The third-order valence-corrected chi connectivity index (χ3v) is 1.95. The number of carbonyl (C=O) groups excluding carboxylic acids is 2. The van der Waals surface area contributed by atoms with Crippen molar-refractivity contribution in [2.24, 2.45) is 0 Å². The number of hydrogen-bond acceptors (Lipinski definition) is 5. The van der Waals surface area contributed by atoms with Crippen LogP contribution in [-0.4, -0.2) is 37.7 Å². The van der Waals surface area contributed by atoms with E-state index in [1.165, 1.54) is 0 Å². The average Bonchev–Trinajstić information content (AvgIpc) is 2.24. The van der Waals surface area contributed by atoms with E-state index in [9.17, 15) is 9.59 Å². The van der Waals surface area contributed by atoms with Gasteiger partial charge < -0.3 is 14.8 Å². The highest BCUT2D eigenvalue weighted by Crippen LogP contribution is 1.93. The Bertz CT molecular complexity index is 218. The van der Waals surface area contributed by atoms with Crippen LogP contribution in [0.25, 0.3) is 0 Å². The summed E-state index contributed by atoms with van der Waals surface area (Å²) in [5.41, 5.74) is 0. The number of esters is 2. The van der Waals surface area contributed by atoms with Gasteiger partial charge in [-0.05, 0) is 33.7 Å². The molecule has 94 valence electrons. The monoisotopic (exact) mass is 231 g/mol. The first-order valence-electron chi connectivity index (χ1n) is 5.67. The van der Waals surface area contributed by atoms with E-state index in [1.54, 1.807) is 20.8 Å². The summed E-state index contributed by atoms with van der Waals surface area (Å²) in [5, 5.41) is 2.98. The molecule has 0 aromatic rings. The van der Waals surface area contributed by atoms with E-state index in [1.807, 2.05) is 0 Å². The van der Waals surface area contributed by atoms with Crippen LogP contribution in [-0.2, 0) is 19.1 Å². The van der Waals surface area contributed by atoms with Crippen LogP contribution in [0.2, 0.25) is 0 Å². The van der Waals surface area contributed by atoms with Crippen LogP contribution >= 0.6 is 0 Å². The third kappa shape index (κ3) is 7.23. The molecule has 0 radical (unpaired) electrons. The molecule has 0 spiro atoms. The van der Waals surface area contributed by atoms with Gasteiger partial charge in [-0.15, -0.1) is 0 Å². The lowest BCUT2D eigenvalue weighted by Crippen LogP contribution is -2.36.